The second-order valence-corrected chi connectivity index (χ2v) is 6.23. The van der Waals surface area contributed by atoms with E-state index in [-0.39, 0.29) is 11.9 Å². The fraction of sp³-hybridized carbons (Fsp3) is 0.500. The molecule has 3 nitrogen and oxygen atoms in total. The molecule has 0 saturated carbocycles. The van der Waals surface area contributed by atoms with E-state index in [0.717, 1.165) is 25.9 Å². The predicted molar refractivity (Wildman–Crippen MR) is 85.0 cm³/mol. The molecule has 20 heavy (non-hydrogen) atoms. The zero-order chi connectivity index (χ0) is 14.7. The Kier molecular flexibility index (Phi) is 5.56. The summed E-state index contributed by atoms with van der Waals surface area (Å²) in [5.41, 5.74) is 0.495. The highest BCUT2D eigenvalue weighted by Gasteiger charge is 2.23. The average molecular weight is 336 g/mol. The normalized spacial score (nSPS) is 17.8. The zero-order valence-corrected chi connectivity index (χ0v) is 13.5. The molecule has 1 aliphatic heterocycles. The number of hydrogen-bond acceptors (Lipinski definition) is 2. The molecule has 1 N–H and O–H groups in total. The van der Waals surface area contributed by atoms with Crippen LogP contribution in [0.3, 0.4) is 0 Å². The molecule has 0 bridgehead atoms. The van der Waals surface area contributed by atoms with Gasteiger partial charge in [0.05, 0.1) is 26.8 Å². The first-order valence-corrected chi connectivity index (χ1v) is 7.82. The number of halogens is 3. The molecule has 0 aliphatic carbocycles. The Morgan fingerprint density at radius 1 is 1.10 bits per heavy atom. The van der Waals surface area contributed by atoms with Crippen molar-refractivity contribution in [2.45, 2.75) is 32.2 Å². The van der Waals surface area contributed by atoms with Gasteiger partial charge in [-0.25, -0.2) is 0 Å². The number of hydrogen-bond donors (Lipinski definition) is 1. The molecule has 2 rings (SSSR count). The molecule has 1 aromatic carbocycles. The summed E-state index contributed by atoms with van der Waals surface area (Å²) in [4.78, 5) is 14.5. The second-order valence-electron chi connectivity index (χ2n) is 5.01. The van der Waals surface area contributed by atoms with Gasteiger partial charge in [0.1, 0.15) is 0 Å². The van der Waals surface area contributed by atoms with Crippen LogP contribution in [0.1, 0.15) is 26.2 Å². The first-order chi connectivity index (χ1) is 9.49. The summed E-state index contributed by atoms with van der Waals surface area (Å²) in [5, 5.41) is 3.95. The van der Waals surface area contributed by atoms with Crippen LogP contribution in [0.4, 0.5) is 5.69 Å². The van der Waals surface area contributed by atoms with Gasteiger partial charge in [-0.1, -0.05) is 41.2 Å². The Labute approximate surface area is 134 Å². The summed E-state index contributed by atoms with van der Waals surface area (Å²) in [7, 11) is 0. The highest BCUT2D eigenvalue weighted by atomic mass is 35.5. The maximum atomic E-state index is 12.3. The average Bonchev–Trinajstić information content (AvgIpc) is 2.44. The third-order valence-corrected chi connectivity index (χ3v) is 4.62. The molecule has 110 valence electrons. The van der Waals surface area contributed by atoms with Crippen LogP contribution in [0.5, 0.6) is 0 Å². The molecule has 1 unspecified atom stereocenters. The summed E-state index contributed by atoms with van der Waals surface area (Å²) in [6, 6.07) is 2.93. The van der Waals surface area contributed by atoms with Crippen molar-refractivity contribution in [3.63, 3.8) is 0 Å². The van der Waals surface area contributed by atoms with Crippen LogP contribution in [0.15, 0.2) is 12.1 Å². The molecular formula is C14H17Cl3N2O. The number of nitrogens with zero attached hydrogens (tertiary/aromatic N) is 1. The minimum absolute atomic E-state index is 0.0767. The number of rotatable bonds is 3. The van der Waals surface area contributed by atoms with Gasteiger partial charge in [0.25, 0.3) is 0 Å². The fourth-order valence-electron chi connectivity index (χ4n) is 2.33. The number of likely N-dealkylation sites (tertiary alicyclic amines) is 1. The maximum Gasteiger partial charge on any atom is 0.241 e. The lowest BCUT2D eigenvalue weighted by Crippen LogP contribution is -2.44. The zero-order valence-electron chi connectivity index (χ0n) is 11.3. The first-order valence-electron chi connectivity index (χ1n) is 6.68. The van der Waals surface area contributed by atoms with E-state index in [4.69, 9.17) is 34.8 Å². The lowest BCUT2D eigenvalue weighted by Gasteiger charge is -2.31. The van der Waals surface area contributed by atoms with Gasteiger partial charge >= 0.3 is 0 Å². The third-order valence-electron chi connectivity index (χ3n) is 3.59. The molecule has 6 heteroatoms. The van der Waals surface area contributed by atoms with Gasteiger partial charge in [0.2, 0.25) is 5.91 Å². The van der Waals surface area contributed by atoms with Crippen LogP contribution < -0.4 is 5.32 Å². The minimum Gasteiger partial charge on any atom is -0.323 e. The number of carbonyl (C=O) groups is 1. The lowest BCUT2D eigenvalue weighted by atomic mass is 10.1. The quantitative estimate of drug-likeness (QED) is 0.827. The van der Waals surface area contributed by atoms with Gasteiger partial charge in [0, 0.05) is 0 Å². The highest BCUT2D eigenvalue weighted by molar-refractivity contribution is 6.44. The Hall–Kier alpha value is -0.480. The van der Waals surface area contributed by atoms with Crippen molar-refractivity contribution >= 4 is 46.4 Å². The minimum atomic E-state index is -0.180. The van der Waals surface area contributed by atoms with Crippen LogP contribution in [0, 0.1) is 0 Å². The van der Waals surface area contributed by atoms with E-state index < -0.39 is 0 Å². The Bertz CT molecular complexity index is 501. The van der Waals surface area contributed by atoms with Gasteiger partial charge in [-0.3, -0.25) is 9.69 Å². The van der Waals surface area contributed by atoms with E-state index in [0.29, 0.717) is 20.8 Å². The smallest absolute Gasteiger partial charge is 0.241 e. The molecule has 0 radical (unpaired) electrons. The van der Waals surface area contributed by atoms with Crippen LogP contribution in [0.2, 0.25) is 15.1 Å². The van der Waals surface area contributed by atoms with Crippen molar-refractivity contribution in [1.29, 1.82) is 0 Å². The maximum absolute atomic E-state index is 12.3. The molecule has 1 atom stereocenters. The van der Waals surface area contributed by atoms with Crippen molar-refractivity contribution in [2.24, 2.45) is 0 Å². The number of piperidine rings is 1. The largest absolute Gasteiger partial charge is 0.323 e. The molecular weight excluding hydrogens is 319 g/mol. The van der Waals surface area contributed by atoms with Crippen LogP contribution in [-0.2, 0) is 4.79 Å². The van der Waals surface area contributed by atoms with E-state index in [1.165, 1.54) is 12.5 Å². The van der Waals surface area contributed by atoms with Gasteiger partial charge in [-0.15, -0.1) is 0 Å². The number of anilines is 1. The standard InChI is InChI=1S/C14H17Cl3N2O/c1-9(19-5-3-2-4-6-19)14(20)18-13-8-11(16)10(15)7-12(13)17/h7-9H,2-6H2,1H3,(H,18,20). The van der Waals surface area contributed by atoms with Crippen LogP contribution in [0.25, 0.3) is 0 Å². The predicted octanol–water partition coefficient (Wildman–Crippen LogP) is 4.46. The van der Waals surface area contributed by atoms with E-state index >= 15 is 0 Å². The van der Waals surface area contributed by atoms with Crippen molar-refractivity contribution in [3.8, 4) is 0 Å². The van der Waals surface area contributed by atoms with Gasteiger partial charge in [-0.2, -0.15) is 0 Å². The number of nitrogens with one attached hydrogen (secondary N) is 1. The lowest BCUT2D eigenvalue weighted by molar-refractivity contribution is -0.121. The SMILES string of the molecule is CC(C(=O)Nc1cc(Cl)c(Cl)cc1Cl)N1CCCCC1. The molecule has 0 aromatic heterocycles. The topological polar surface area (TPSA) is 32.3 Å². The molecule has 1 aromatic rings. The number of benzene rings is 1. The number of amides is 1. The summed E-state index contributed by atoms with van der Waals surface area (Å²) in [6.07, 6.45) is 3.53. The summed E-state index contributed by atoms with van der Waals surface area (Å²) in [6.45, 7) is 3.83. The third kappa shape index (κ3) is 3.79. The first kappa shape index (κ1) is 15.9. The monoisotopic (exact) mass is 334 g/mol. The van der Waals surface area contributed by atoms with E-state index in [2.05, 4.69) is 10.2 Å². The Morgan fingerprint density at radius 3 is 2.35 bits per heavy atom. The van der Waals surface area contributed by atoms with Crippen molar-refractivity contribution in [1.82, 2.24) is 4.90 Å². The Morgan fingerprint density at radius 2 is 1.70 bits per heavy atom. The summed E-state index contributed by atoms with van der Waals surface area (Å²) in [5.74, 6) is -0.0767. The summed E-state index contributed by atoms with van der Waals surface area (Å²) >= 11 is 17.9. The fourth-order valence-corrected chi connectivity index (χ4v) is 2.92. The van der Waals surface area contributed by atoms with Crippen LogP contribution in [-0.4, -0.2) is 29.9 Å². The molecule has 1 fully saturated rings. The van der Waals surface area contributed by atoms with Gasteiger partial charge in [-0.05, 0) is 45.0 Å². The molecule has 1 amide bonds. The van der Waals surface area contributed by atoms with Gasteiger partial charge in [0.15, 0.2) is 0 Å². The van der Waals surface area contributed by atoms with Crippen molar-refractivity contribution in [3.05, 3.63) is 27.2 Å². The van der Waals surface area contributed by atoms with E-state index in [1.54, 1.807) is 6.07 Å². The summed E-state index contributed by atoms with van der Waals surface area (Å²) < 4.78 is 0. The second kappa shape index (κ2) is 6.99. The van der Waals surface area contributed by atoms with E-state index in [9.17, 15) is 4.79 Å². The molecule has 0 spiro atoms. The van der Waals surface area contributed by atoms with Crippen molar-refractivity contribution < 1.29 is 4.79 Å². The van der Waals surface area contributed by atoms with E-state index in [1.807, 2.05) is 6.92 Å². The highest BCUT2D eigenvalue weighted by Crippen LogP contribution is 2.32. The Balaban J connectivity index is 2.05. The van der Waals surface area contributed by atoms with Crippen LogP contribution >= 0.6 is 34.8 Å². The number of carbonyl (C=O) groups excluding carboxylic acids is 1. The van der Waals surface area contributed by atoms with Gasteiger partial charge < -0.3 is 5.32 Å². The molecule has 1 saturated heterocycles. The molecule has 1 heterocycles. The molecule has 1 aliphatic rings. The van der Waals surface area contributed by atoms with Crippen molar-refractivity contribution in [2.75, 3.05) is 18.4 Å².